The third-order valence-corrected chi connectivity index (χ3v) is 6.61. The lowest BCUT2D eigenvalue weighted by Crippen LogP contribution is -2.57. The molecule has 3 aliphatic rings. The second-order valence-corrected chi connectivity index (χ2v) is 8.72. The van der Waals surface area contributed by atoms with Gasteiger partial charge in [-0.15, -0.1) is 24.0 Å². The molecule has 7 nitrogen and oxygen atoms in total. The average Bonchev–Trinajstić information content (AvgIpc) is 3.46. The molecule has 3 rings (SSSR count). The van der Waals surface area contributed by atoms with Crippen molar-refractivity contribution in [2.45, 2.75) is 58.4 Å². The molecule has 1 amide bonds. The van der Waals surface area contributed by atoms with Crippen LogP contribution in [0.5, 0.6) is 0 Å². The number of unbranched alkanes of at least 4 members (excludes halogenated alkanes) is 1. The lowest BCUT2D eigenvalue weighted by atomic mass is 10.2. The summed E-state index contributed by atoms with van der Waals surface area (Å²) in [6.07, 6.45) is 7.47. The number of carbonyl (C=O) groups is 1. The Kier molecular flexibility index (Phi) is 11.7. The van der Waals surface area contributed by atoms with Crippen molar-refractivity contribution in [1.82, 2.24) is 24.9 Å². The number of carbonyl (C=O) groups excluding carboxylic acids is 1. The third kappa shape index (κ3) is 7.51. The summed E-state index contributed by atoms with van der Waals surface area (Å²) in [6, 6.07) is 0.000334. The van der Waals surface area contributed by atoms with Crippen molar-refractivity contribution in [3.8, 4) is 0 Å². The number of piperazine rings is 1. The van der Waals surface area contributed by atoms with Crippen LogP contribution < -0.4 is 5.32 Å². The molecule has 0 spiro atoms. The molecule has 3 saturated heterocycles. The first-order chi connectivity index (χ1) is 14.2. The Labute approximate surface area is 200 Å². The van der Waals surface area contributed by atoms with Crippen LogP contribution in [0.4, 0.5) is 0 Å². The molecule has 3 aliphatic heterocycles. The smallest absolute Gasteiger partial charge is 0.239 e. The predicted octanol–water partition coefficient (Wildman–Crippen LogP) is 2.07. The highest BCUT2D eigenvalue weighted by molar-refractivity contribution is 14.0. The number of hydrogen-bond acceptors (Lipinski definition) is 4. The molecule has 0 saturated carbocycles. The molecule has 0 aromatic rings. The van der Waals surface area contributed by atoms with Gasteiger partial charge in [-0.25, -0.2) is 0 Å². The zero-order valence-electron chi connectivity index (χ0n) is 19.2. The maximum Gasteiger partial charge on any atom is 0.239 e. The molecule has 30 heavy (non-hydrogen) atoms. The zero-order valence-corrected chi connectivity index (χ0v) is 21.5. The van der Waals surface area contributed by atoms with E-state index in [1.165, 1.54) is 38.9 Å². The molecule has 1 N–H and O–H groups in total. The van der Waals surface area contributed by atoms with Crippen LogP contribution in [-0.2, 0) is 4.79 Å². The Hall–Kier alpha value is -0.610. The van der Waals surface area contributed by atoms with E-state index in [0.29, 0.717) is 5.91 Å². The Balaban J connectivity index is 0.00000320. The molecule has 1 unspecified atom stereocenters. The maximum absolute atomic E-state index is 12.7. The SMILES string of the molecule is CCNC(=NCCCCN1CCCC1)N1CCN(C(C)C(=O)N2CCCC2)CC1.I. The minimum atomic E-state index is 0. The van der Waals surface area contributed by atoms with Crippen molar-refractivity contribution >= 4 is 35.8 Å². The van der Waals surface area contributed by atoms with Crippen LogP contribution >= 0.6 is 24.0 Å². The highest BCUT2D eigenvalue weighted by Crippen LogP contribution is 2.14. The number of amides is 1. The largest absolute Gasteiger partial charge is 0.357 e. The van der Waals surface area contributed by atoms with Gasteiger partial charge in [0.2, 0.25) is 5.91 Å². The molecule has 174 valence electrons. The molecular formula is C22H43IN6O. The molecule has 8 heteroatoms. The van der Waals surface area contributed by atoms with Crippen molar-refractivity contribution in [1.29, 1.82) is 0 Å². The van der Waals surface area contributed by atoms with Gasteiger partial charge >= 0.3 is 0 Å². The molecule has 0 bridgehead atoms. The lowest BCUT2D eigenvalue weighted by molar-refractivity contribution is -0.135. The van der Waals surface area contributed by atoms with E-state index in [2.05, 4.69) is 33.9 Å². The van der Waals surface area contributed by atoms with Gasteiger partial charge in [0.15, 0.2) is 5.96 Å². The van der Waals surface area contributed by atoms with Gasteiger partial charge in [-0.05, 0) is 72.0 Å². The van der Waals surface area contributed by atoms with Crippen molar-refractivity contribution in [3.63, 3.8) is 0 Å². The zero-order chi connectivity index (χ0) is 20.5. The highest BCUT2D eigenvalue weighted by atomic mass is 127. The van der Waals surface area contributed by atoms with Gasteiger partial charge in [-0.1, -0.05) is 0 Å². The summed E-state index contributed by atoms with van der Waals surface area (Å²) >= 11 is 0. The number of rotatable bonds is 8. The van der Waals surface area contributed by atoms with Crippen molar-refractivity contribution in [2.75, 3.05) is 72.0 Å². The molecular weight excluding hydrogens is 491 g/mol. The van der Waals surface area contributed by atoms with E-state index in [0.717, 1.165) is 77.6 Å². The van der Waals surface area contributed by atoms with Gasteiger partial charge in [-0.2, -0.15) is 0 Å². The second-order valence-electron chi connectivity index (χ2n) is 8.72. The topological polar surface area (TPSA) is 54.4 Å². The van der Waals surface area contributed by atoms with Crippen molar-refractivity contribution < 1.29 is 4.79 Å². The Bertz CT molecular complexity index is 526. The molecule has 0 aromatic heterocycles. The third-order valence-electron chi connectivity index (χ3n) is 6.61. The highest BCUT2D eigenvalue weighted by Gasteiger charge is 2.30. The summed E-state index contributed by atoms with van der Waals surface area (Å²) in [4.78, 5) is 26.9. The van der Waals surface area contributed by atoms with E-state index >= 15 is 0 Å². The number of nitrogens with one attached hydrogen (secondary N) is 1. The second kappa shape index (κ2) is 13.7. The van der Waals surface area contributed by atoms with Crippen LogP contribution in [0.2, 0.25) is 0 Å². The van der Waals surface area contributed by atoms with Gasteiger partial charge in [0.25, 0.3) is 0 Å². The van der Waals surface area contributed by atoms with E-state index in [-0.39, 0.29) is 30.0 Å². The Morgan fingerprint density at radius 1 is 0.900 bits per heavy atom. The molecule has 3 heterocycles. The van der Waals surface area contributed by atoms with Crippen LogP contribution in [0.15, 0.2) is 4.99 Å². The maximum atomic E-state index is 12.7. The normalized spacial score (nSPS) is 22.3. The first-order valence-electron chi connectivity index (χ1n) is 12.0. The Morgan fingerprint density at radius 2 is 1.53 bits per heavy atom. The monoisotopic (exact) mass is 534 g/mol. The number of aliphatic imine (C=N–C) groups is 1. The summed E-state index contributed by atoms with van der Waals surface area (Å²) in [6.45, 7) is 15.4. The van der Waals surface area contributed by atoms with Crippen LogP contribution in [0.1, 0.15) is 52.4 Å². The molecule has 3 fully saturated rings. The standard InChI is InChI=1S/C22H42N6O.HI/c1-3-23-22(24-10-4-5-11-25-12-6-7-13-25)28-18-16-26(17-19-28)20(2)21(29)27-14-8-9-15-27;/h20H,3-19H2,1-2H3,(H,23,24);1H. The summed E-state index contributed by atoms with van der Waals surface area (Å²) in [5, 5.41) is 3.47. The number of nitrogens with zero attached hydrogens (tertiary/aromatic N) is 5. The van der Waals surface area contributed by atoms with E-state index in [9.17, 15) is 4.79 Å². The quantitative estimate of drug-likeness (QED) is 0.224. The Morgan fingerprint density at radius 3 is 2.17 bits per heavy atom. The minimum absolute atomic E-state index is 0. The number of hydrogen-bond donors (Lipinski definition) is 1. The molecule has 0 aromatic carbocycles. The van der Waals surface area contributed by atoms with Gasteiger partial charge < -0.3 is 20.0 Å². The number of likely N-dealkylation sites (tertiary alicyclic amines) is 2. The van der Waals surface area contributed by atoms with Crippen molar-refractivity contribution in [2.24, 2.45) is 4.99 Å². The minimum Gasteiger partial charge on any atom is -0.357 e. The van der Waals surface area contributed by atoms with Crippen LogP contribution in [0.25, 0.3) is 0 Å². The first kappa shape index (κ1) is 25.6. The fourth-order valence-electron chi connectivity index (χ4n) is 4.74. The van der Waals surface area contributed by atoms with Gasteiger partial charge in [0, 0.05) is 52.4 Å². The molecule has 0 radical (unpaired) electrons. The molecule has 0 aliphatic carbocycles. The lowest BCUT2D eigenvalue weighted by Gasteiger charge is -2.39. The first-order valence-corrected chi connectivity index (χ1v) is 12.0. The predicted molar refractivity (Wildman–Crippen MR) is 135 cm³/mol. The summed E-state index contributed by atoms with van der Waals surface area (Å²) in [7, 11) is 0. The van der Waals surface area contributed by atoms with E-state index < -0.39 is 0 Å². The van der Waals surface area contributed by atoms with E-state index in [4.69, 9.17) is 4.99 Å². The molecule has 1 atom stereocenters. The van der Waals surface area contributed by atoms with Crippen LogP contribution in [0.3, 0.4) is 0 Å². The van der Waals surface area contributed by atoms with Crippen LogP contribution in [0, 0.1) is 0 Å². The number of halogens is 1. The van der Waals surface area contributed by atoms with Crippen molar-refractivity contribution in [3.05, 3.63) is 0 Å². The number of guanidine groups is 1. The van der Waals surface area contributed by atoms with E-state index in [1.807, 2.05) is 4.90 Å². The van der Waals surface area contributed by atoms with Gasteiger partial charge in [-0.3, -0.25) is 14.7 Å². The summed E-state index contributed by atoms with van der Waals surface area (Å²) in [5.74, 6) is 1.36. The fraction of sp³-hybridized carbons (Fsp3) is 0.909. The summed E-state index contributed by atoms with van der Waals surface area (Å²) < 4.78 is 0. The average molecular weight is 535 g/mol. The summed E-state index contributed by atoms with van der Waals surface area (Å²) in [5.41, 5.74) is 0. The van der Waals surface area contributed by atoms with E-state index in [1.54, 1.807) is 0 Å². The van der Waals surface area contributed by atoms with Gasteiger partial charge in [0.05, 0.1) is 6.04 Å². The van der Waals surface area contributed by atoms with Crippen LogP contribution in [-0.4, -0.2) is 110 Å². The van der Waals surface area contributed by atoms with Gasteiger partial charge in [0.1, 0.15) is 0 Å². The fourth-order valence-corrected chi connectivity index (χ4v) is 4.74.